The zero-order valence-corrected chi connectivity index (χ0v) is 16.0. The SMILES string of the molecule is C#C[C@@H]1Cc2c(c([NH3+])cc(C)c2C2=CCN(C(=O)OC(C)(C)C)CC2)O1. The fourth-order valence-electron chi connectivity index (χ4n) is 3.58. The third-order valence-corrected chi connectivity index (χ3v) is 4.67. The van der Waals surface area contributed by atoms with Crippen LogP contribution < -0.4 is 10.5 Å². The minimum absolute atomic E-state index is 0.228. The van der Waals surface area contributed by atoms with Crippen molar-refractivity contribution in [2.24, 2.45) is 0 Å². The second-order valence-corrected chi connectivity index (χ2v) is 7.92. The Bertz CT molecular complexity index is 812. The summed E-state index contributed by atoms with van der Waals surface area (Å²) in [5.41, 5.74) is 9.25. The molecule has 1 atom stereocenters. The highest BCUT2D eigenvalue weighted by Gasteiger charge is 2.31. The van der Waals surface area contributed by atoms with Crippen LogP contribution in [0, 0.1) is 19.3 Å². The predicted molar refractivity (Wildman–Crippen MR) is 101 cm³/mol. The van der Waals surface area contributed by atoms with Crippen molar-refractivity contribution in [1.82, 2.24) is 4.90 Å². The van der Waals surface area contributed by atoms with E-state index in [4.69, 9.17) is 15.9 Å². The second kappa shape index (κ2) is 6.69. The first kappa shape index (κ1) is 18.3. The number of carbonyl (C=O) groups is 1. The van der Waals surface area contributed by atoms with E-state index >= 15 is 0 Å². The number of ether oxygens (including phenoxy) is 2. The van der Waals surface area contributed by atoms with Gasteiger partial charge in [-0.15, -0.1) is 6.42 Å². The summed E-state index contributed by atoms with van der Waals surface area (Å²) in [6, 6.07) is 2.05. The molecule has 0 fully saturated rings. The maximum Gasteiger partial charge on any atom is 0.410 e. The number of carbonyl (C=O) groups excluding carboxylic acids is 1. The van der Waals surface area contributed by atoms with Gasteiger partial charge < -0.3 is 20.1 Å². The van der Waals surface area contributed by atoms with E-state index in [0.29, 0.717) is 19.5 Å². The third-order valence-electron chi connectivity index (χ3n) is 4.67. The molecule has 1 aromatic rings. The van der Waals surface area contributed by atoms with E-state index in [1.54, 1.807) is 4.90 Å². The van der Waals surface area contributed by atoms with Gasteiger partial charge in [0.1, 0.15) is 5.60 Å². The molecule has 3 N–H and O–H groups in total. The molecule has 0 aromatic heterocycles. The van der Waals surface area contributed by atoms with Crippen molar-refractivity contribution < 1.29 is 20.0 Å². The van der Waals surface area contributed by atoms with Gasteiger partial charge >= 0.3 is 6.09 Å². The van der Waals surface area contributed by atoms with E-state index < -0.39 is 5.60 Å². The van der Waals surface area contributed by atoms with Gasteiger partial charge in [-0.25, -0.2) is 4.79 Å². The summed E-state index contributed by atoms with van der Waals surface area (Å²) in [4.78, 5) is 14.0. The van der Waals surface area contributed by atoms with Crippen LogP contribution in [0.15, 0.2) is 12.1 Å². The molecule has 26 heavy (non-hydrogen) atoms. The zero-order valence-electron chi connectivity index (χ0n) is 16.0. The van der Waals surface area contributed by atoms with E-state index in [1.165, 1.54) is 16.7 Å². The second-order valence-electron chi connectivity index (χ2n) is 7.92. The molecule has 138 valence electrons. The van der Waals surface area contributed by atoms with Crippen molar-refractivity contribution in [2.75, 3.05) is 13.1 Å². The number of hydrogen-bond donors (Lipinski definition) is 1. The van der Waals surface area contributed by atoms with Crippen LogP contribution in [0.4, 0.5) is 10.5 Å². The maximum absolute atomic E-state index is 12.3. The number of nitrogens with zero attached hydrogens (tertiary/aromatic N) is 1. The van der Waals surface area contributed by atoms with Crippen molar-refractivity contribution in [3.63, 3.8) is 0 Å². The van der Waals surface area contributed by atoms with Crippen molar-refractivity contribution in [3.05, 3.63) is 28.8 Å². The quantitative estimate of drug-likeness (QED) is 0.788. The molecule has 3 rings (SSSR count). The monoisotopic (exact) mass is 355 g/mol. The van der Waals surface area contributed by atoms with Gasteiger partial charge in [0.25, 0.3) is 0 Å². The lowest BCUT2D eigenvalue weighted by Gasteiger charge is -2.30. The molecule has 0 bridgehead atoms. The van der Waals surface area contributed by atoms with E-state index in [0.717, 1.165) is 23.4 Å². The van der Waals surface area contributed by atoms with Gasteiger partial charge in [-0.1, -0.05) is 12.0 Å². The fraction of sp³-hybridized carbons (Fsp3) is 0.476. The number of fused-ring (bicyclic) bond motifs is 1. The largest absolute Gasteiger partial charge is 0.471 e. The highest BCUT2D eigenvalue weighted by Crippen LogP contribution is 2.42. The van der Waals surface area contributed by atoms with E-state index in [9.17, 15) is 4.79 Å². The van der Waals surface area contributed by atoms with Gasteiger partial charge in [-0.3, -0.25) is 0 Å². The first-order chi connectivity index (χ1) is 12.2. The first-order valence-electron chi connectivity index (χ1n) is 8.98. The van der Waals surface area contributed by atoms with Crippen molar-refractivity contribution in [3.8, 4) is 18.1 Å². The number of rotatable bonds is 1. The number of hydrogen-bond acceptors (Lipinski definition) is 3. The minimum atomic E-state index is -0.482. The Kier molecular flexibility index (Phi) is 4.72. The minimum Gasteiger partial charge on any atom is -0.471 e. The predicted octanol–water partition coefficient (Wildman–Crippen LogP) is 2.83. The zero-order chi connectivity index (χ0) is 19.1. The number of aryl methyl sites for hydroxylation is 1. The van der Waals surface area contributed by atoms with Crippen molar-refractivity contribution in [1.29, 1.82) is 0 Å². The Labute approximate surface area is 155 Å². The van der Waals surface area contributed by atoms with E-state index in [-0.39, 0.29) is 12.2 Å². The highest BCUT2D eigenvalue weighted by molar-refractivity contribution is 5.79. The molecule has 2 aliphatic heterocycles. The number of quaternary nitrogens is 1. The number of amides is 1. The molecule has 0 saturated heterocycles. The van der Waals surface area contributed by atoms with Crippen LogP contribution in [-0.2, 0) is 11.2 Å². The van der Waals surface area contributed by atoms with Gasteiger partial charge in [0.2, 0.25) is 0 Å². The molecule has 0 aliphatic carbocycles. The molecule has 2 aliphatic rings. The molecule has 2 heterocycles. The maximum atomic E-state index is 12.3. The van der Waals surface area contributed by atoms with Crippen molar-refractivity contribution >= 4 is 17.4 Å². The van der Waals surface area contributed by atoms with Crippen LogP contribution in [0.25, 0.3) is 5.57 Å². The third kappa shape index (κ3) is 3.56. The van der Waals surface area contributed by atoms with Gasteiger partial charge in [0, 0.05) is 31.1 Å². The van der Waals surface area contributed by atoms with Gasteiger partial charge in [0.15, 0.2) is 17.5 Å². The summed E-state index contributed by atoms with van der Waals surface area (Å²) in [5, 5.41) is 0. The lowest BCUT2D eigenvalue weighted by Crippen LogP contribution is -2.41. The molecule has 0 radical (unpaired) electrons. The molecule has 5 heteroatoms. The molecular weight excluding hydrogens is 328 g/mol. The van der Waals surface area contributed by atoms with Gasteiger partial charge in [-0.05, 0) is 50.8 Å². The molecule has 0 unspecified atom stereocenters. The Morgan fingerprint density at radius 3 is 2.77 bits per heavy atom. The normalized spacial score (nSPS) is 19.3. The lowest BCUT2D eigenvalue weighted by atomic mass is 9.89. The van der Waals surface area contributed by atoms with E-state index in [1.807, 2.05) is 26.8 Å². The van der Waals surface area contributed by atoms with Crippen LogP contribution in [-0.4, -0.2) is 35.8 Å². The molecule has 5 nitrogen and oxygen atoms in total. The summed E-state index contributed by atoms with van der Waals surface area (Å²) in [5.74, 6) is 3.52. The van der Waals surface area contributed by atoms with Crippen LogP contribution in [0.3, 0.4) is 0 Å². The molecule has 0 saturated carbocycles. The molecule has 0 spiro atoms. The summed E-state index contributed by atoms with van der Waals surface area (Å²) in [6.45, 7) is 8.92. The molecular formula is C21H27N2O3+. The van der Waals surface area contributed by atoms with Crippen LogP contribution in [0.1, 0.15) is 43.9 Å². The van der Waals surface area contributed by atoms with Crippen LogP contribution >= 0.6 is 0 Å². The summed E-state index contributed by atoms with van der Waals surface area (Å²) >= 11 is 0. The van der Waals surface area contributed by atoms with Gasteiger partial charge in [0.05, 0.1) is 0 Å². The Morgan fingerprint density at radius 2 is 2.19 bits per heavy atom. The number of benzene rings is 1. The molecule has 1 amide bonds. The summed E-state index contributed by atoms with van der Waals surface area (Å²) in [7, 11) is 0. The summed E-state index contributed by atoms with van der Waals surface area (Å²) in [6.07, 6.45) is 8.67. The van der Waals surface area contributed by atoms with Crippen LogP contribution in [0.2, 0.25) is 0 Å². The lowest BCUT2D eigenvalue weighted by molar-refractivity contribution is -0.256. The summed E-state index contributed by atoms with van der Waals surface area (Å²) < 4.78 is 11.3. The van der Waals surface area contributed by atoms with E-state index in [2.05, 4.69) is 24.7 Å². The topological polar surface area (TPSA) is 66.4 Å². The first-order valence-corrected chi connectivity index (χ1v) is 8.98. The number of terminal acetylenes is 1. The highest BCUT2D eigenvalue weighted by atomic mass is 16.6. The molecule has 1 aromatic carbocycles. The average molecular weight is 355 g/mol. The fourth-order valence-corrected chi connectivity index (χ4v) is 3.58. The van der Waals surface area contributed by atoms with Gasteiger partial charge in [-0.2, -0.15) is 0 Å². The Balaban J connectivity index is 1.85. The van der Waals surface area contributed by atoms with Crippen molar-refractivity contribution in [2.45, 2.75) is 52.2 Å². The standard InChI is InChI=1S/C21H26N2O3/c1-6-15-12-16-18(13(2)11-17(22)19(16)25-15)14-7-9-23(10-8-14)20(24)26-21(3,4)5/h1,7,11,15H,8-10,12,22H2,2-5H3/p+1/t15-/m1/s1. The van der Waals surface area contributed by atoms with Crippen LogP contribution in [0.5, 0.6) is 5.75 Å². The average Bonchev–Trinajstić information content (AvgIpc) is 2.98. The smallest absolute Gasteiger partial charge is 0.410 e. The Hall–Kier alpha value is -2.45. The Morgan fingerprint density at radius 1 is 1.46 bits per heavy atom.